The van der Waals surface area contributed by atoms with E-state index in [1.807, 2.05) is 0 Å². The summed E-state index contributed by atoms with van der Waals surface area (Å²) >= 11 is 0. The Kier molecular flexibility index (Phi) is 5.63. The molecule has 1 aromatic rings. The molecule has 8 nitrogen and oxygen atoms in total. The van der Waals surface area contributed by atoms with Crippen LogP contribution in [0.2, 0.25) is 0 Å². The molecule has 0 saturated carbocycles. The fourth-order valence-electron chi connectivity index (χ4n) is 3.33. The number of benzene rings is 1. The van der Waals surface area contributed by atoms with Gasteiger partial charge in [0, 0.05) is 32.7 Å². The summed E-state index contributed by atoms with van der Waals surface area (Å²) in [6.07, 6.45) is 0. The Morgan fingerprint density at radius 1 is 1.35 bits per heavy atom. The number of likely N-dealkylation sites (N-methyl/N-ethyl adjacent to an activating group) is 1. The Labute approximate surface area is 152 Å². The van der Waals surface area contributed by atoms with Gasteiger partial charge >= 0.3 is 0 Å². The lowest BCUT2D eigenvalue weighted by Crippen LogP contribution is -2.45. The summed E-state index contributed by atoms with van der Waals surface area (Å²) in [4.78, 5) is 29.1. The highest BCUT2D eigenvalue weighted by Gasteiger charge is 2.39. The molecule has 1 aromatic carbocycles. The van der Waals surface area contributed by atoms with Crippen LogP contribution in [0, 0.1) is 5.92 Å². The molecule has 2 saturated heterocycles. The summed E-state index contributed by atoms with van der Waals surface area (Å²) in [5, 5.41) is 0. The molecule has 2 atom stereocenters. The Hall–Kier alpha value is -2.32. The second-order valence-electron chi connectivity index (χ2n) is 6.55. The van der Waals surface area contributed by atoms with E-state index in [1.165, 1.54) is 0 Å². The number of hydrogen-bond acceptors (Lipinski definition) is 6. The zero-order chi connectivity index (χ0) is 18.7. The van der Waals surface area contributed by atoms with Gasteiger partial charge in [0.1, 0.15) is 18.1 Å². The van der Waals surface area contributed by atoms with Gasteiger partial charge in [-0.1, -0.05) is 0 Å². The van der Waals surface area contributed by atoms with Crippen LogP contribution in [0.1, 0.15) is 10.4 Å². The van der Waals surface area contributed by atoms with Gasteiger partial charge in [0.05, 0.1) is 37.8 Å². The molecule has 2 amide bonds. The first-order chi connectivity index (χ1) is 12.5. The van der Waals surface area contributed by atoms with Gasteiger partial charge < -0.3 is 29.7 Å². The van der Waals surface area contributed by atoms with Crippen LogP contribution >= 0.6 is 0 Å². The van der Waals surface area contributed by atoms with Crippen molar-refractivity contribution in [1.29, 1.82) is 0 Å². The van der Waals surface area contributed by atoms with Crippen molar-refractivity contribution in [3.8, 4) is 11.5 Å². The van der Waals surface area contributed by atoms with Crippen molar-refractivity contribution in [1.82, 2.24) is 9.80 Å². The molecule has 0 unspecified atom stereocenters. The zero-order valence-electron chi connectivity index (χ0n) is 15.1. The van der Waals surface area contributed by atoms with Gasteiger partial charge in [-0.25, -0.2) is 0 Å². The first-order valence-electron chi connectivity index (χ1n) is 8.69. The monoisotopic (exact) mass is 363 g/mol. The fourth-order valence-corrected chi connectivity index (χ4v) is 3.33. The molecule has 2 N–H and O–H groups in total. The molecule has 3 rings (SSSR count). The highest BCUT2D eigenvalue weighted by Crippen LogP contribution is 2.28. The predicted octanol–water partition coefficient (Wildman–Crippen LogP) is -0.0381. The maximum Gasteiger partial charge on any atom is 0.257 e. The maximum atomic E-state index is 13.2. The summed E-state index contributed by atoms with van der Waals surface area (Å²) in [5.74, 6) is 0.551. The van der Waals surface area contributed by atoms with Gasteiger partial charge in [-0.3, -0.25) is 9.59 Å². The second kappa shape index (κ2) is 7.92. The van der Waals surface area contributed by atoms with Gasteiger partial charge in [0.25, 0.3) is 5.91 Å². The van der Waals surface area contributed by atoms with Gasteiger partial charge in [0.15, 0.2) is 0 Å². The van der Waals surface area contributed by atoms with Crippen molar-refractivity contribution in [3.63, 3.8) is 0 Å². The number of carbonyl (C=O) groups is 2. The highest BCUT2D eigenvalue weighted by atomic mass is 16.5. The van der Waals surface area contributed by atoms with Crippen molar-refractivity contribution in [2.24, 2.45) is 11.7 Å². The molecule has 2 fully saturated rings. The second-order valence-corrected chi connectivity index (χ2v) is 6.55. The number of methoxy groups -OCH3 is 1. The standard InChI is InChI=1S/C18H25N3O5/c1-20-13-9-21(8-12(17(20)22)10-25-11-13)18(23)15-4-3-14(24-2)7-16(15)26-6-5-19/h3-4,7,12-13H,5-6,8-11,19H2,1-2H3/t12-,13+/m1/s1. The van der Waals surface area contributed by atoms with Gasteiger partial charge in [-0.2, -0.15) is 0 Å². The summed E-state index contributed by atoms with van der Waals surface area (Å²) in [6.45, 7) is 2.17. The van der Waals surface area contributed by atoms with Crippen LogP contribution < -0.4 is 15.2 Å². The lowest BCUT2D eigenvalue weighted by atomic mass is 10.1. The Morgan fingerprint density at radius 3 is 2.88 bits per heavy atom. The Balaban J connectivity index is 1.88. The first-order valence-corrected chi connectivity index (χ1v) is 8.69. The molecule has 26 heavy (non-hydrogen) atoms. The smallest absolute Gasteiger partial charge is 0.257 e. The third kappa shape index (κ3) is 3.61. The van der Waals surface area contributed by atoms with Crippen LogP contribution in [0.5, 0.6) is 11.5 Å². The third-order valence-corrected chi connectivity index (χ3v) is 4.83. The minimum atomic E-state index is -0.344. The van der Waals surface area contributed by atoms with E-state index in [0.717, 1.165) is 0 Å². The normalized spacial score (nSPS) is 22.8. The zero-order valence-corrected chi connectivity index (χ0v) is 15.1. The summed E-state index contributed by atoms with van der Waals surface area (Å²) < 4.78 is 16.5. The van der Waals surface area contributed by atoms with Crippen molar-refractivity contribution >= 4 is 11.8 Å². The predicted molar refractivity (Wildman–Crippen MR) is 94.3 cm³/mol. The van der Waals surface area contributed by atoms with Crippen molar-refractivity contribution < 1.29 is 23.8 Å². The molecule has 8 heteroatoms. The molecule has 0 spiro atoms. The molecular weight excluding hydrogens is 338 g/mol. The number of carbonyl (C=O) groups excluding carboxylic acids is 2. The lowest BCUT2D eigenvalue weighted by Gasteiger charge is -2.29. The van der Waals surface area contributed by atoms with Gasteiger partial charge in [-0.05, 0) is 12.1 Å². The van der Waals surface area contributed by atoms with E-state index in [1.54, 1.807) is 42.2 Å². The quantitative estimate of drug-likeness (QED) is 0.789. The first kappa shape index (κ1) is 18.5. The van der Waals surface area contributed by atoms with Gasteiger partial charge in [0.2, 0.25) is 5.91 Å². The number of nitrogens with zero attached hydrogens (tertiary/aromatic N) is 2. The van der Waals surface area contributed by atoms with Crippen molar-refractivity contribution in [2.75, 3.05) is 53.6 Å². The number of ether oxygens (including phenoxy) is 3. The summed E-state index contributed by atoms with van der Waals surface area (Å²) in [7, 11) is 3.33. The molecule has 0 aliphatic carbocycles. The number of nitrogens with two attached hydrogens (primary N) is 1. The van der Waals surface area contributed by atoms with Crippen LogP contribution in [-0.2, 0) is 9.53 Å². The third-order valence-electron chi connectivity index (χ3n) is 4.83. The maximum absolute atomic E-state index is 13.2. The molecule has 0 radical (unpaired) electrons. The molecule has 2 aliphatic heterocycles. The number of hydrogen-bond donors (Lipinski definition) is 1. The summed E-state index contributed by atoms with van der Waals surface area (Å²) in [5.41, 5.74) is 5.96. The highest BCUT2D eigenvalue weighted by molar-refractivity contribution is 5.97. The van der Waals surface area contributed by atoms with Crippen LogP contribution in [0.15, 0.2) is 18.2 Å². The van der Waals surface area contributed by atoms with E-state index >= 15 is 0 Å². The molecule has 0 aromatic heterocycles. The van der Waals surface area contributed by atoms with E-state index in [2.05, 4.69) is 0 Å². The van der Waals surface area contributed by atoms with Crippen LogP contribution in [0.25, 0.3) is 0 Å². The molecule has 2 bridgehead atoms. The van der Waals surface area contributed by atoms with E-state index in [9.17, 15) is 9.59 Å². The van der Waals surface area contributed by atoms with E-state index < -0.39 is 0 Å². The molecule has 142 valence electrons. The van der Waals surface area contributed by atoms with Crippen molar-refractivity contribution in [2.45, 2.75) is 6.04 Å². The minimum absolute atomic E-state index is 0.0251. The Bertz CT molecular complexity index is 681. The summed E-state index contributed by atoms with van der Waals surface area (Å²) in [6, 6.07) is 4.95. The van der Waals surface area contributed by atoms with Crippen LogP contribution in [0.4, 0.5) is 0 Å². The Morgan fingerprint density at radius 2 is 2.15 bits per heavy atom. The SMILES string of the molecule is COc1ccc(C(=O)N2C[C@@H]3COC[C@H](C2)N(C)C3=O)c(OCCN)c1. The molecule has 2 aliphatic rings. The fraction of sp³-hybridized carbons (Fsp3) is 0.556. The minimum Gasteiger partial charge on any atom is -0.497 e. The van der Waals surface area contributed by atoms with E-state index in [4.69, 9.17) is 19.9 Å². The van der Waals surface area contributed by atoms with Crippen LogP contribution in [-0.4, -0.2) is 81.3 Å². The molecule has 2 heterocycles. The molecular formula is C18H25N3O5. The lowest BCUT2D eigenvalue weighted by molar-refractivity contribution is -0.133. The number of fused-ring (bicyclic) bond motifs is 3. The van der Waals surface area contributed by atoms with Gasteiger partial charge in [-0.15, -0.1) is 0 Å². The van der Waals surface area contributed by atoms with E-state index in [-0.39, 0.29) is 23.8 Å². The average Bonchev–Trinajstić information content (AvgIpc) is 2.84. The average molecular weight is 363 g/mol. The topological polar surface area (TPSA) is 94.3 Å². The largest absolute Gasteiger partial charge is 0.497 e. The van der Waals surface area contributed by atoms with Crippen LogP contribution in [0.3, 0.4) is 0 Å². The number of rotatable bonds is 5. The number of amides is 2. The van der Waals surface area contributed by atoms with Crippen molar-refractivity contribution in [3.05, 3.63) is 23.8 Å². The van der Waals surface area contributed by atoms with E-state index in [0.29, 0.717) is 56.5 Å².